The lowest BCUT2D eigenvalue weighted by atomic mass is 10.0. The lowest BCUT2D eigenvalue weighted by Gasteiger charge is -2.12. The van der Waals surface area contributed by atoms with Crippen molar-refractivity contribution >= 4 is 38.5 Å². The van der Waals surface area contributed by atoms with Crippen LogP contribution in [-0.2, 0) is 17.6 Å². The van der Waals surface area contributed by atoms with Crippen LogP contribution < -0.4 is 10.1 Å². The van der Waals surface area contributed by atoms with E-state index in [9.17, 15) is 4.79 Å². The second kappa shape index (κ2) is 10.4. The molecule has 7 heteroatoms. The van der Waals surface area contributed by atoms with Gasteiger partial charge in [0.25, 0.3) is 0 Å². The van der Waals surface area contributed by atoms with Gasteiger partial charge in [-0.25, -0.2) is 9.97 Å². The van der Waals surface area contributed by atoms with Crippen LogP contribution in [0.4, 0.5) is 5.82 Å². The summed E-state index contributed by atoms with van der Waals surface area (Å²) in [5.41, 5.74) is 3.49. The molecule has 0 aliphatic heterocycles. The fraction of sp³-hybridized carbons (Fsp3) is 0.192. The molecule has 6 nitrogen and oxygen atoms in total. The van der Waals surface area contributed by atoms with Crippen molar-refractivity contribution in [3.63, 3.8) is 0 Å². The zero-order valence-corrected chi connectivity index (χ0v) is 19.8. The fourth-order valence-electron chi connectivity index (χ4n) is 3.79. The number of hydrogen-bond donors (Lipinski definition) is 2. The van der Waals surface area contributed by atoms with E-state index in [-0.39, 0.29) is 6.42 Å². The predicted molar refractivity (Wildman–Crippen MR) is 134 cm³/mol. The summed E-state index contributed by atoms with van der Waals surface area (Å²) in [7, 11) is 0. The summed E-state index contributed by atoms with van der Waals surface area (Å²) in [5, 5.41) is 15.0. The molecule has 0 saturated carbocycles. The van der Waals surface area contributed by atoms with Gasteiger partial charge in [0.05, 0.1) is 18.7 Å². The van der Waals surface area contributed by atoms with Crippen molar-refractivity contribution in [2.24, 2.45) is 0 Å². The van der Waals surface area contributed by atoms with Crippen LogP contribution in [0.1, 0.15) is 18.1 Å². The highest BCUT2D eigenvalue weighted by atomic mass is 79.9. The molecular formula is C26H24BrN3O3. The number of halogens is 1. The van der Waals surface area contributed by atoms with Crippen molar-refractivity contribution in [1.82, 2.24) is 9.97 Å². The normalized spacial score (nSPS) is 10.8. The van der Waals surface area contributed by atoms with Gasteiger partial charge in [-0.2, -0.15) is 0 Å². The molecule has 2 N–H and O–H groups in total. The number of ether oxygens (including phenoxy) is 1. The van der Waals surface area contributed by atoms with E-state index in [1.807, 2.05) is 31.2 Å². The molecule has 0 saturated heterocycles. The highest BCUT2D eigenvalue weighted by Crippen LogP contribution is 2.29. The Balaban J connectivity index is 1.49. The van der Waals surface area contributed by atoms with Crippen molar-refractivity contribution in [3.8, 4) is 17.0 Å². The van der Waals surface area contributed by atoms with E-state index in [1.54, 1.807) is 6.07 Å². The minimum atomic E-state index is -0.893. The summed E-state index contributed by atoms with van der Waals surface area (Å²) in [6.45, 7) is 3.06. The summed E-state index contributed by atoms with van der Waals surface area (Å²) >= 11 is 3.63. The topological polar surface area (TPSA) is 84.3 Å². The van der Waals surface area contributed by atoms with Gasteiger partial charge in [-0.15, -0.1) is 0 Å². The molecule has 0 atom stereocenters. The van der Waals surface area contributed by atoms with Crippen molar-refractivity contribution < 1.29 is 14.6 Å². The highest BCUT2D eigenvalue weighted by molar-refractivity contribution is 9.10. The average Bonchev–Trinajstić information content (AvgIpc) is 2.82. The Kier molecular flexibility index (Phi) is 7.19. The lowest BCUT2D eigenvalue weighted by molar-refractivity contribution is -0.136. The summed E-state index contributed by atoms with van der Waals surface area (Å²) in [6.07, 6.45) is 2.29. The van der Waals surface area contributed by atoms with Gasteiger partial charge in [0.15, 0.2) is 0 Å². The minimum Gasteiger partial charge on any atom is -0.494 e. The third kappa shape index (κ3) is 5.49. The van der Waals surface area contributed by atoms with Gasteiger partial charge < -0.3 is 15.2 Å². The first-order valence-electron chi connectivity index (χ1n) is 10.7. The number of hydrogen-bond acceptors (Lipinski definition) is 5. The molecule has 0 radical (unpaired) electrons. The monoisotopic (exact) mass is 505 g/mol. The van der Waals surface area contributed by atoms with E-state index in [0.717, 1.165) is 34.5 Å². The quantitative estimate of drug-likeness (QED) is 0.301. The number of carboxylic acid groups (broad SMARTS) is 1. The van der Waals surface area contributed by atoms with Crippen LogP contribution in [0.3, 0.4) is 0 Å². The van der Waals surface area contributed by atoms with E-state index in [0.29, 0.717) is 17.9 Å². The summed E-state index contributed by atoms with van der Waals surface area (Å²) in [6, 6.07) is 20.0. The molecule has 4 aromatic rings. The van der Waals surface area contributed by atoms with Gasteiger partial charge in [-0.1, -0.05) is 58.4 Å². The summed E-state index contributed by atoms with van der Waals surface area (Å²) in [4.78, 5) is 19.9. The first kappa shape index (κ1) is 22.7. The Morgan fingerprint density at radius 1 is 1.03 bits per heavy atom. The predicted octanol–water partition coefficient (Wildman–Crippen LogP) is 5.74. The Morgan fingerprint density at radius 2 is 1.82 bits per heavy atom. The second-order valence-corrected chi connectivity index (χ2v) is 8.40. The SMILES string of the molecule is CCOc1cc(-c2cc(NCCc3ccc(Br)c4ccccc34)ncn2)ccc1CC(=O)O. The molecule has 1 heterocycles. The van der Waals surface area contributed by atoms with Crippen LogP contribution in [0.2, 0.25) is 0 Å². The molecule has 3 aromatic carbocycles. The zero-order chi connectivity index (χ0) is 23.2. The van der Waals surface area contributed by atoms with Gasteiger partial charge >= 0.3 is 5.97 Å². The van der Waals surface area contributed by atoms with Crippen LogP contribution in [0.15, 0.2) is 71.5 Å². The lowest BCUT2D eigenvalue weighted by Crippen LogP contribution is -2.07. The first-order chi connectivity index (χ1) is 16.0. The molecule has 0 fully saturated rings. The van der Waals surface area contributed by atoms with Crippen LogP contribution in [0.5, 0.6) is 5.75 Å². The molecule has 0 aliphatic carbocycles. The van der Waals surface area contributed by atoms with Gasteiger partial charge in [0.2, 0.25) is 0 Å². The second-order valence-electron chi connectivity index (χ2n) is 7.54. The molecule has 0 bridgehead atoms. The maximum Gasteiger partial charge on any atom is 0.307 e. The smallest absolute Gasteiger partial charge is 0.307 e. The third-order valence-corrected chi connectivity index (χ3v) is 6.02. The highest BCUT2D eigenvalue weighted by Gasteiger charge is 2.11. The maximum absolute atomic E-state index is 11.1. The molecule has 0 spiro atoms. The molecule has 0 aliphatic rings. The van der Waals surface area contributed by atoms with Gasteiger partial charge in [0.1, 0.15) is 17.9 Å². The molecule has 33 heavy (non-hydrogen) atoms. The fourth-order valence-corrected chi connectivity index (χ4v) is 4.27. The molecule has 4 rings (SSSR count). The number of fused-ring (bicyclic) bond motifs is 1. The van der Waals surface area contributed by atoms with Crippen molar-refractivity contribution in [1.29, 1.82) is 0 Å². The Bertz CT molecular complexity index is 1290. The van der Waals surface area contributed by atoms with Gasteiger partial charge in [0, 0.05) is 28.2 Å². The molecular weight excluding hydrogens is 482 g/mol. The molecule has 0 amide bonds. The van der Waals surface area contributed by atoms with Gasteiger partial charge in [-0.05, 0) is 41.8 Å². The van der Waals surface area contributed by atoms with E-state index < -0.39 is 5.97 Å². The number of benzene rings is 3. The Labute approximate surface area is 200 Å². The Hall–Kier alpha value is -3.45. The number of nitrogens with one attached hydrogen (secondary N) is 1. The number of aromatic nitrogens is 2. The van der Waals surface area contributed by atoms with Crippen molar-refractivity contribution in [2.75, 3.05) is 18.5 Å². The first-order valence-corrected chi connectivity index (χ1v) is 11.5. The zero-order valence-electron chi connectivity index (χ0n) is 18.2. The number of carboxylic acids is 1. The van der Waals surface area contributed by atoms with E-state index in [4.69, 9.17) is 9.84 Å². The van der Waals surface area contributed by atoms with E-state index in [1.165, 1.54) is 22.7 Å². The Morgan fingerprint density at radius 3 is 2.61 bits per heavy atom. The number of carbonyl (C=O) groups is 1. The number of nitrogens with zero attached hydrogens (tertiary/aromatic N) is 2. The van der Waals surface area contributed by atoms with Gasteiger partial charge in [-0.3, -0.25) is 4.79 Å². The number of aliphatic carboxylic acids is 1. The minimum absolute atomic E-state index is 0.0864. The third-order valence-electron chi connectivity index (χ3n) is 5.33. The van der Waals surface area contributed by atoms with Crippen LogP contribution in [0, 0.1) is 0 Å². The van der Waals surface area contributed by atoms with E-state index in [2.05, 4.69) is 61.5 Å². The van der Waals surface area contributed by atoms with Crippen LogP contribution in [-0.4, -0.2) is 34.2 Å². The molecule has 168 valence electrons. The summed E-state index contributed by atoms with van der Waals surface area (Å²) < 4.78 is 6.76. The molecule has 1 aromatic heterocycles. The van der Waals surface area contributed by atoms with E-state index >= 15 is 0 Å². The maximum atomic E-state index is 11.1. The van der Waals surface area contributed by atoms with Crippen LogP contribution in [0.25, 0.3) is 22.0 Å². The average molecular weight is 506 g/mol. The standard InChI is InChI=1S/C26H24BrN3O3/c1-2-33-24-13-18(7-8-19(24)14-26(31)32)23-15-25(30-16-29-23)28-12-11-17-9-10-22(27)21-6-4-3-5-20(17)21/h3-10,13,15-16H,2,11-12,14H2,1H3,(H,31,32)(H,28,29,30). The number of rotatable bonds is 9. The number of anilines is 1. The van der Waals surface area contributed by atoms with Crippen molar-refractivity contribution in [2.45, 2.75) is 19.8 Å². The summed E-state index contributed by atoms with van der Waals surface area (Å²) in [5.74, 6) is 0.400. The largest absolute Gasteiger partial charge is 0.494 e. The van der Waals surface area contributed by atoms with Crippen LogP contribution >= 0.6 is 15.9 Å². The molecule has 0 unspecified atom stereocenters. The van der Waals surface area contributed by atoms with Crippen molar-refractivity contribution in [3.05, 3.63) is 82.6 Å².